The first-order valence-electron chi connectivity index (χ1n) is 3.26. The van der Waals surface area contributed by atoms with Gasteiger partial charge in [0.05, 0.1) is 5.03 Å². The fraction of sp³-hybridized carbons (Fsp3) is 0.500. The molecule has 0 saturated heterocycles. The Bertz CT molecular complexity index is 201. The summed E-state index contributed by atoms with van der Waals surface area (Å²) >= 11 is 5.65. The van der Waals surface area contributed by atoms with Crippen LogP contribution in [0, 0.1) is 0 Å². The molecule has 1 rings (SSSR count). The van der Waals surface area contributed by atoms with Gasteiger partial charge in [-0.15, -0.1) is 0 Å². The van der Waals surface area contributed by atoms with Crippen molar-refractivity contribution in [1.29, 1.82) is 0 Å². The van der Waals surface area contributed by atoms with Crippen molar-refractivity contribution in [3.63, 3.8) is 0 Å². The van der Waals surface area contributed by atoms with E-state index in [2.05, 4.69) is 0 Å². The van der Waals surface area contributed by atoms with Crippen molar-refractivity contribution >= 4 is 11.6 Å². The van der Waals surface area contributed by atoms with Gasteiger partial charge < -0.3 is 0 Å². The van der Waals surface area contributed by atoms with Gasteiger partial charge in [-0.1, -0.05) is 23.3 Å². The molecule has 1 aliphatic rings. The molecule has 0 nitrogen and oxygen atoms in total. The lowest BCUT2D eigenvalue weighted by molar-refractivity contribution is 0.252. The van der Waals surface area contributed by atoms with Crippen molar-refractivity contribution in [2.45, 2.75) is 25.9 Å². The van der Waals surface area contributed by atoms with E-state index < -0.39 is 5.67 Å². The van der Waals surface area contributed by atoms with E-state index in [1.165, 1.54) is 6.92 Å². The third-order valence-corrected chi connectivity index (χ3v) is 2.16. The van der Waals surface area contributed by atoms with Crippen LogP contribution in [0.4, 0.5) is 4.39 Å². The molecule has 0 spiro atoms. The fourth-order valence-corrected chi connectivity index (χ4v) is 1.11. The lowest BCUT2D eigenvalue weighted by Gasteiger charge is -2.21. The molecular weight excluding hydrogens is 151 g/mol. The molecule has 10 heavy (non-hydrogen) atoms. The highest BCUT2D eigenvalue weighted by atomic mass is 35.5. The first-order valence-corrected chi connectivity index (χ1v) is 3.63. The van der Waals surface area contributed by atoms with Crippen LogP contribution < -0.4 is 0 Å². The Hall–Kier alpha value is -0.300. The van der Waals surface area contributed by atoms with Crippen LogP contribution in [0.2, 0.25) is 0 Å². The van der Waals surface area contributed by atoms with E-state index in [4.69, 9.17) is 11.6 Å². The number of allylic oxidation sites excluding steroid dienone is 4. The SMILES string of the molecule is CC1=CCC(C)(F)C(Cl)=C1. The molecule has 0 amide bonds. The van der Waals surface area contributed by atoms with Crippen molar-refractivity contribution in [3.05, 3.63) is 22.8 Å². The maximum Gasteiger partial charge on any atom is 0.147 e. The summed E-state index contributed by atoms with van der Waals surface area (Å²) < 4.78 is 13.2. The Morgan fingerprint density at radius 1 is 1.70 bits per heavy atom. The minimum Gasteiger partial charge on any atom is -0.238 e. The summed E-state index contributed by atoms with van der Waals surface area (Å²) in [6.07, 6.45) is 3.92. The van der Waals surface area contributed by atoms with Crippen LogP contribution in [0.3, 0.4) is 0 Å². The van der Waals surface area contributed by atoms with Gasteiger partial charge in [0, 0.05) is 6.42 Å². The molecule has 0 saturated carbocycles. The van der Waals surface area contributed by atoms with E-state index in [1.54, 1.807) is 6.08 Å². The molecule has 0 aromatic heterocycles. The quantitative estimate of drug-likeness (QED) is 0.511. The summed E-state index contributed by atoms with van der Waals surface area (Å²) in [6.45, 7) is 3.41. The van der Waals surface area contributed by atoms with Crippen LogP contribution in [0.1, 0.15) is 20.3 Å². The van der Waals surface area contributed by atoms with E-state index in [9.17, 15) is 4.39 Å². The molecule has 0 radical (unpaired) electrons. The first kappa shape index (κ1) is 7.80. The fourth-order valence-electron chi connectivity index (χ4n) is 0.859. The molecule has 0 bridgehead atoms. The minimum atomic E-state index is -1.33. The molecule has 56 valence electrons. The smallest absolute Gasteiger partial charge is 0.147 e. The van der Waals surface area contributed by atoms with Gasteiger partial charge in [0.25, 0.3) is 0 Å². The van der Waals surface area contributed by atoms with Gasteiger partial charge in [0.15, 0.2) is 0 Å². The zero-order chi connectivity index (χ0) is 7.78. The van der Waals surface area contributed by atoms with E-state index in [0.717, 1.165) is 5.57 Å². The first-order chi connectivity index (χ1) is 4.52. The highest BCUT2D eigenvalue weighted by molar-refractivity contribution is 6.30. The largest absolute Gasteiger partial charge is 0.238 e. The summed E-state index contributed by atoms with van der Waals surface area (Å²) in [5, 5.41) is 0.313. The third-order valence-electron chi connectivity index (χ3n) is 1.66. The van der Waals surface area contributed by atoms with Crippen molar-refractivity contribution in [3.8, 4) is 0 Å². The van der Waals surface area contributed by atoms with Crippen LogP contribution in [0.15, 0.2) is 22.8 Å². The zero-order valence-corrected chi connectivity index (χ0v) is 6.87. The number of rotatable bonds is 0. The van der Waals surface area contributed by atoms with E-state index in [-0.39, 0.29) is 0 Å². The van der Waals surface area contributed by atoms with Crippen LogP contribution in [-0.2, 0) is 0 Å². The topological polar surface area (TPSA) is 0 Å². The molecule has 1 unspecified atom stereocenters. The van der Waals surface area contributed by atoms with Crippen LogP contribution in [0.25, 0.3) is 0 Å². The second-order valence-corrected chi connectivity index (χ2v) is 3.25. The highest BCUT2D eigenvalue weighted by Crippen LogP contribution is 2.33. The summed E-state index contributed by atoms with van der Waals surface area (Å²) in [5.41, 5.74) is -0.290. The van der Waals surface area contributed by atoms with E-state index in [1.807, 2.05) is 13.0 Å². The van der Waals surface area contributed by atoms with Crippen molar-refractivity contribution < 1.29 is 4.39 Å². The maximum absolute atomic E-state index is 13.2. The maximum atomic E-state index is 13.2. The Kier molecular flexibility index (Phi) is 1.86. The Morgan fingerprint density at radius 2 is 2.30 bits per heavy atom. The van der Waals surface area contributed by atoms with Crippen LogP contribution >= 0.6 is 11.6 Å². The Balaban J connectivity index is 2.88. The van der Waals surface area contributed by atoms with E-state index in [0.29, 0.717) is 11.5 Å². The van der Waals surface area contributed by atoms with Gasteiger partial charge in [-0.05, 0) is 19.9 Å². The molecule has 0 aromatic rings. The predicted molar refractivity (Wildman–Crippen MR) is 41.8 cm³/mol. The third kappa shape index (κ3) is 1.40. The predicted octanol–water partition coefficient (Wildman–Crippen LogP) is 3.19. The number of hydrogen-bond donors (Lipinski definition) is 0. The Morgan fingerprint density at radius 3 is 2.70 bits per heavy atom. The molecule has 0 fully saturated rings. The van der Waals surface area contributed by atoms with Gasteiger partial charge in [0.2, 0.25) is 0 Å². The normalized spacial score (nSPS) is 33.2. The van der Waals surface area contributed by atoms with Crippen LogP contribution in [0.5, 0.6) is 0 Å². The summed E-state index contributed by atoms with van der Waals surface area (Å²) in [6, 6.07) is 0. The number of alkyl halides is 1. The Labute approximate surface area is 65.4 Å². The van der Waals surface area contributed by atoms with Gasteiger partial charge >= 0.3 is 0 Å². The lowest BCUT2D eigenvalue weighted by Crippen LogP contribution is -2.19. The second-order valence-electron chi connectivity index (χ2n) is 2.84. The standard InChI is InChI=1S/C8H10ClF/c1-6-3-4-8(2,10)7(9)5-6/h3,5H,4H2,1-2H3. The molecule has 0 aliphatic heterocycles. The second kappa shape index (κ2) is 2.39. The van der Waals surface area contributed by atoms with Gasteiger partial charge in [-0.2, -0.15) is 0 Å². The molecule has 0 N–H and O–H groups in total. The van der Waals surface area contributed by atoms with Crippen molar-refractivity contribution in [2.75, 3.05) is 0 Å². The minimum absolute atomic E-state index is 0.313. The lowest BCUT2D eigenvalue weighted by atomic mass is 9.96. The van der Waals surface area contributed by atoms with Crippen LogP contribution in [-0.4, -0.2) is 5.67 Å². The van der Waals surface area contributed by atoms with Gasteiger partial charge in [-0.3, -0.25) is 0 Å². The summed E-state index contributed by atoms with van der Waals surface area (Å²) in [7, 11) is 0. The number of halogens is 2. The molecular formula is C8H10ClF. The molecule has 1 aliphatic carbocycles. The summed E-state index contributed by atoms with van der Waals surface area (Å²) in [5.74, 6) is 0. The number of hydrogen-bond acceptors (Lipinski definition) is 0. The van der Waals surface area contributed by atoms with E-state index >= 15 is 0 Å². The molecule has 0 heterocycles. The molecule has 2 heteroatoms. The monoisotopic (exact) mass is 160 g/mol. The average Bonchev–Trinajstić information content (AvgIpc) is 1.81. The average molecular weight is 161 g/mol. The van der Waals surface area contributed by atoms with Gasteiger partial charge in [0.1, 0.15) is 5.67 Å². The van der Waals surface area contributed by atoms with Crippen molar-refractivity contribution in [2.24, 2.45) is 0 Å². The summed E-state index contributed by atoms with van der Waals surface area (Å²) in [4.78, 5) is 0. The van der Waals surface area contributed by atoms with Gasteiger partial charge in [-0.25, -0.2) is 4.39 Å². The highest BCUT2D eigenvalue weighted by Gasteiger charge is 2.28. The zero-order valence-electron chi connectivity index (χ0n) is 6.12. The van der Waals surface area contributed by atoms with Crippen molar-refractivity contribution in [1.82, 2.24) is 0 Å². The molecule has 0 aromatic carbocycles. The molecule has 1 atom stereocenters.